The molecule has 0 saturated carbocycles. The molecule has 0 radical (unpaired) electrons. The van der Waals surface area contributed by atoms with Gasteiger partial charge in [-0.3, -0.25) is 0 Å². The van der Waals surface area contributed by atoms with Crippen molar-refractivity contribution >= 4 is 5.97 Å². The number of aliphatic carboxylic acids is 1. The second-order valence-electron chi connectivity index (χ2n) is 3.42. The third-order valence-corrected chi connectivity index (χ3v) is 2.14. The van der Waals surface area contributed by atoms with Gasteiger partial charge in [-0.1, -0.05) is 46.0 Å². The summed E-state index contributed by atoms with van der Waals surface area (Å²) in [4.78, 5) is 10.3. The summed E-state index contributed by atoms with van der Waals surface area (Å²) in [6, 6.07) is 0. The SMILES string of the molecule is CCCCCCC[C@H](C)C(=O)[O-].[Na+]. The molecule has 0 rings (SSSR count). The quantitative estimate of drug-likeness (QED) is 0.375. The van der Waals surface area contributed by atoms with Crippen LogP contribution in [0.15, 0.2) is 0 Å². The van der Waals surface area contributed by atoms with Gasteiger partial charge >= 0.3 is 29.6 Å². The number of carboxylic acid groups (broad SMARTS) is 1. The molecule has 0 saturated heterocycles. The Balaban J connectivity index is 0. The molecule has 0 N–H and O–H groups in total. The van der Waals surface area contributed by atoms with Gasteiger partial charge in [0.1, 0.15) is 0 Å². The Morgan fingerprint density at radius 3 is 2.23 bits per heavy atom. The van der Waals surface area contributed by atoms with Gasteiger partial charge in [0.15, 0.2) is 0 Å². The Hall–Kier alpha value is 0.470. The van der Waals surface area contributed by atoms with E-state index >= 15 is 0 Å². The Morgan fingerprint density at radius 1 is 1.23 bits per heavy atom. The zero-order valence-corrected chi connectivity index (χ0v) is 11.1. The summed E-state index contributed by atoms with van der Waals surface area (Å²) in [6.45, 7) is 3.89. The van der Waals surface area contributed by atoms with Crippen LogP contribution in [0.3, 0.4) is 0 Å². The van der Waals surface area contributed by atoms with Gasteiger partial charge in [0.25, 0.3) is 0 Å². The average molecular weight is 194 g/mol. The zero-order chi connectivity index (χ0) is 9.40. The number of carboxylic acids is 1. The van der Waals surface area contributed by atoms with Crippen LogP contribution in [-0.4, -0.2) is 5.97 Å². The number of hydrogen-bond acceptors (Lipinski definition) is 2. The van der Waals surface area contributed by atoms with E-state index in [9.17, 15) is 9.90 Å². The summed E-state index contributed by atoms with van der Waals surface area (Å²) in [6.07, 6.45) is 6.68. The number of carbonyl (C=O) groups is 1. The smallest absolute Gasteiger partial charge is 0.550 e. The van der Waals surface area contributed by atoms with Gasteiger partial charge in [0.2, 0.25) is 0 Å². The molecule has 0 heterocycles. The number of unbranched alkanes of at least 4 members (excludes halogenated alkanes) is 4. The fourth-order valence-electron chi connectivity index (χ4n) is 1.17. The van der Waals surface area contributed by atoms with E-state index in [1.54, 1.807) is 6.92 Å². The normalized spacial score (nSPS) is 11.8. The number of carbonyl (C=O) groups excluding carboxylic acids is 1. The van der Waals surface area contributed by atoms with Crippen LogP contribution in [0.2, 0.25) is 0 Å². The summed E-state index contributed by atoms with van der Waals surface area (Å²) in [5.74, 6) is -1.18. The van der Waals surface area contributed by atoms with Crippen LogP contribution in [-0.2, 0) is 4.79 Å². The van der Waals surface area contributed by atoms with Crippen LogP contribution in [0, 0.1) is 5.92 Å². The van der Waals surface area contributed by atoms with Crippen molar-refractivity contribution in [1.82, 2.24) is 0 Å². The van der Waals surface area contributed by atoms with Crippen LogP contribution in [0.5, 0.6) is 0 Å². The van der Waals surface area contributed by atoms with Crippen molar-refractivity contribution in [3.8, 4) is 0 Å². The minimum Gasteiger partial charge on any atom is -0.550 e. The Morgan fingerprint density at radius 2 is 1.77 bits per heavy atom. The van der Waals surface area contributed by atoms with Crippen molar-refractivity contribution in [2.45, 2.75) is 52.4 Å². The first-order chi connectivity index (χ1) is 5.68. The molecule has 3 heteroatoms. The molecule has 0 aliphatic carbocycles. The Labute approximate surface area is 103 Å². The minimum atomic E-state index is -0.912. The largest absolute Gasteiger partial charge is 1.00 e. The van der Waals surface area contributed by atoms with Crippen molar-refractivity contribution in [2.24, 2.45) is 5.92 Å². The molecule has 72 valence electrons. The third-order valence-electron chi connectivity index (χ3n) is 2.14. The summed E-state index contributed by atoms with van der Waals surface area (Å²) >= 11 is 0. The van der Waals surface area contributed by atoms with Crippen molar-refractivity contribution in [1.29, 1.82) is 0 Å². The minimum absolute atomic E-state index is 0. The van der Waals surface area contributed by atoms with Crippen LogP contribution in [0.4, 0.5) is 0 Å². The first kappa shape index (κ1) is 15.9. The van der Waals surface area contributed by atoms with E-state index in [2.05, 4.69) is 6.92 Å². The van der Waals surface area contributed by atoms with Gasteiger partial charge in [-0.15, -0.1) is 0 Å². The van der Waals surface area contributed by atoms with Gasteiger partial charge in [-0.25, -0.2) is 0 Å². The predicted molar refractivity (Wildman–Crippen MR) is 47.5 cm³/mol. The van der Waals surface area contributed by atoms with Crippen molar-refractivity contribution in [3.63, 3.8) is 0 Å². The number of hydrogen-bond donors (Lipinski definition) is 0. The van der Waals surface area contributed by atoms with Crippen molar-refractivity contribution in [2.75, 3.05) is 0 Å². The van der Waals surface area contributed by atoms with Crippen LogP contribution < -0.4 is 34.7 Å². The molecule has 0 fully saturated rings. The average Bonchev–Trinajstić information content (AvgIpc) is 2.03. The van der Waals surface area contributed by atoms with E-state index in [0.717, 1.165) is 19.3 Å². The molecule has 0 bridgehead atoms. The molecule has 0 unspecified atom stereocenters. The maximum atomic E-state index is 10.3. The molecule has 0 aromatic heterocycles. The Bertz CT molecular complexity index is 126. The first-order valence-electron chi connectivity index (χ1n) is 4.89. The van der Waals surface area contributed by atoms with Crippen molar-refractivity contribution < 1.29 is 39.5 Å². The zero-order valence-electron chi connectivity index (χ0n) is 9.14. The molecule has 0 spiro atoms. The van der Waals surface area contributed by atoms with Gasteiger partial charge in [-0.2, -0.15) is 0 Å². The van der Waals surface area contributed by atoms with E-state index in [4.69, 9.17) is 0 Å². The van der Waals surface area contributed by atoms with E-state index in [-0.39, 0.29) is 35.5 Å². The Kier molecular flexibility index (Phi) is 12.9. The van der Waals surface area contributed by atoms with Crippen LogP contribution >= 0.6 is 0 Å². The maximum Gasteiger partial charge on any atom is 1.00 e. The first-order valence-corrected chi connectivity index (χ1v) is 4.89. The van der Waals surface area contributed by atoms with Gasteiger partial charge in [0, 0.05) is 5.97 Å². The van der Waals surface area contributed by atoms with E-state index in [0.29, 0.717) is 0 Å². The second-order valence-corrected chi connectivity index (χ2v) is 3.42. The fourth-order valence-corrected chi connectivity index (χ4v) is 1.17. The maximum absolute atomic E-state index is 10.3. The summed E-state index contributed by atoms with van der Waals surface area (Å²) in [7, 11) is 0. The van der Waals surface area contributed by atoms with Crippen molar-refractivity contribution in [3.05, 3.63) is 0 Å². The monoisotopic (exact) mass is 194 g/mol. The molecule has 2 nitrogen and oxygen atoms in total. The third kappa shape index (κ3) is 10.4. The number of rotatable bonds is 7. The van der Waals surface area contributed by atoms with E-state index < -0.39 is 5.97 Å². The van der Waals surface area contributed by atoms with Gasteiger partial charge < -0.3 is 9.90 Å². The van der Waals surface area contributed by atoms with E-state index in [1.165, 1.54) is 19.3 Å². The summed E-state index contributed by atoms with van der Waals surface area (Å²) in [5, 5.41) is 10.3. The molecule has 0 aromatic carbocycles. The second kappa shape index (κ2) is 10.6. The topological polar surface area (TPSA) is 40.1 Å². The summed E-state index contributed by atoms with van der Waals surface area (Å²) in [5.41, 5.74) is 0. The molecule has 13 heavy (non-hydrogen) atoms. The van der Waals surface area contributed by atoms with E-state index in [1.807, 2.05) is 0 Å². The molecule has 1 atom stereocenters. The molecule has 0 aliphatic heterocycles. The molecule has 0 aromatic rings. The van der Waals surface area contributed by atoms with Crippen LogP contribution in [0.1, 0.15) is 52.4 Å². The van der Waals surface area contributed by atoms with Gasteiger partial charge in [-0.05, 0) is 12.3 Å². The molecular weight excluding hydrogens is 175 g/mol. The predicted octanol–water partition coefficient (Wildman–Crippen LogP) is -1.26. The summed E-state index contributed by atoms with van der Waals surface area (Å²) < 4.78 is 0. The molecular formula is C10H19NaO2. The fraction of sp³-hybridized carbons (Fsp3) is 0.900. The van der Waals surface area contributed by atoms with Gasteiger partial charge in [0.05, 0.1) is 0 Å². The molecule has 0 aliphatic rings. The molecule has 0 amide bonds. The van der Waals surface area contributed by atoms with Crippen LogP contribution in [0.25, 0.3) is 0 Å². The standard InChI is InChI=1S/C10H20O2.Na/c1-3-4-5-6-7-8-9(2)10(11)12;/h9H,3-8H2,1-2H3,(H,11,12);/q;+1/p-1/t9-;/m0./s1.